The molecular formula is C51H30N2OS. The van der Waals surface area contributed by atoms with Crippen molar-refractivity contribution in [2.24, 2.45) is 0 Å². The minimum absolute atomic E-state index is 0.886. The molecule has 0 bridgehead atoms. The molecule has 256 valence electrons. The molecule has 3 nitrogen and oxygen atoms in total. The van der Waals surface area contributed by atoms with Gasteiger partial charge in [0.25, 0.3) is 0 Å². The van der Waals surface area contributed by atoms with Gasteiger partial charge in [0.15, 0.2) is 0 Å². The largest absolute Gasteiger partial charge is 0.455 e. The highest BCUT2D eigenvalue weighted by atomic mass is 32.1. The average Bonchev–Trinajstić information content (AvgIpc) is 3.96. The van der Waals surface area contributed by atoms with Crippen molar-refractivity contribution in [3.8, 4) is 38.5 Å². The molecule has 0 atom stereocenters. The lowest BCUT2D eigenvalue weighted by Gasteiger charge is -2.10. The summed E-state index contributed by atoms with van der Waals surface area (Å²) < 4.78 is 10.2. The smallest absolute Gasteiger partial charge is 0.144 e. The zero-order valence-corrected chi connectivity index (χ0v) is 30.3. The Balaban J connectivity index is 0.996. The second-order valence-electron chi connectivity index (χ2n) is 14.3. The van der Waals surface area contributed by atoms with Crippen LogP contribution in [0.25, 0.3) is 114 Å². The van der Waals surface area contributed by atoms with E-state index in [0.29, 0.717) is 0 Å². The molecule has 3 heterocycles. The van der Waals surface area contributed by atoms with Crippen molar-refractivity contribution in [1.82, 2.24) is 9.55 Å². The number of hydrogen-bond acceptors (Lipinski definition) is 3. The van der Waals surface area contributed by atoms with E-state index in [1.165, 1.54) is 54.5 Å². The number of thiazole rings is 1. The van der Waals surface area contributed by atoms with Crippen LogP contribution in [0.2, 0.25) is 0 Å². The van der Waals surface area contributed by atoms with Gasteiger partial charge in [-0.25, -0.2) is 4.98 Å². The van der Waals surface area contributed by atoms with Crippen LogP contribution in [-0.4, -0.2) is 9.55 Å². The third-order valence-electron chi connectivity index (χ3n) is 11.2. The number of rotatable bonds is 4. The molecule has 0 aliphatic heterocycles. The first-order chi connectivity index (χ1) is 27.3. The van der Waals surface area contributed by atoms with E-state index in [1.54, 1.807) is 11.3 Å². The molecule has 0 unspecified atom stereocenters. The van der Waals surface area contributed by atoms with Gasteiger partial charge < -0.3 is 8.98 Å². The number of para-hydroxylation sites is 2. The van der Waals surface area contributed by atoms with Crippen molar-refractivity contribution in [2.75, 3.05) is 0 Å². The molecule has 4 heteroatoms. The molecule has 0 spiro atoms. The number of hydrogen-bond donors (Lipinski definition) is 0. The van der Waals surface area contributed by atoms with Gasteiger partial charge in [0.1, 0.15) is 16.2 Å². The van der Waals surface area contributed by atoms with Crippen LogP contribution in [0.3, 0.4) is 0 Å². The van der Waals surface area contributed by atoms with Gasteiger partial charge in [0.05, 0.1) is 21.3 Å². The molecule has 0 amide bonds. The van der Waals surface area contributed by atoms with E-state index in [4.69, 9.17) is 9.40 Å². The summed E-state index contributed by atoms with van der Waals surface area (Å²) in [6, 6.07) is 65.3. The normalized spacial score (nSPS) is 12.0. The highest BCUT2D eigenvalue weighted by molar-refractivity contribution is 7.22. The fourth-order valence-corrected chi connectivity index (χ4v) is 9.77. The van der Waals surface area contributed by atoms with Gasteiger partial charge in [-0.2, -0.15) is 0 Å². The number of fused-ring (bicyclic) bond motifs is 11. The highest BCUT2D eigenvalue weighted by Gasteiger charge is 2.21. The van der Waals surface area contributed by atoms with E-state index < -0.39 is 0 Å². The standard InChI is InChI=1S/C51H30N2OS/c1-3-13-37-31(10-1)12-9-17-38(37)33-20-22-34(23-21-33)43-30-44-50(47-42-16-6-8-19-46(42)54-49(43)47)55-51(52-44)35-24-27-36(28-25-35)53-45-18-7-5-15-40(45)41-29-26-32-11-2-4-14-39(32)48(41)53/h1-30H. The summed E-state index contributed by atoms with van der Waals surface area (Å²) in [4.78, 5) is 5.31. The maximum Gasteiger partial charge on any atom is 0.144 e. The Kier molecular flexibility index (Phi) is 6.50. The van der Waals surface area contributed by atoms with Gasteiger partial charge in [0.2, 0.25) is 0 Å². The summed E-state index contributed by atoms with van der Waals surface area (Å²) >= 11 is 1.74. The summed E-state index contributed by atoms with van der Waals surface area (Å²) in [5.74, 6) is 0. The van der Waals surface area contributed by atoms with Crippen LogP contribution in [-0.2, 0) is 0 Å². The zero-order chi connectivity index (χ0) is 36.0. The molecule has 12 aromatic rings. The Morgan fingerprint density at radius 3 is 1.93 bits per heavy atom. The predicted octanol–water partition coefficient (Wildman–Crippen LogP) is 14.6. The Bertz CT molecular complexity index is 3470. The number of benzene rings is 9. The van der Waals surface area contributed by atoms with Crippen LogP contribution in [0.5, 0.6) is 0 Å². The molecular weight excluding hydrogens is 689 g/mol. The van der Waals surface area contributed by atoms with Crippen molar-refractivity contribution in [2.45, 2.75) is 0 Å². The van der Waals surface area contributed by atoms with Gasteiger partial charge in [-0.05, 0) is 75.3 Å². The maximum absolute atomic E-state index is 6.67. The average molecular weight is 719 g/mol. The number of nitrogens with zero attached hydrogens (tertiary/aromatic N) is 2. The lowest BCUT2D eigenvalue weighted by molar-refractivity contribution is 0.670. The summed E-state index contributed by atoms with van der Waals surface area (Å²) in [7, 11) is 0. The fourth-order valence-electron chi connectivity index (χ4n) is 8.67. The maximum atomic E-state index is 6.67. The molecule has 0 aliphatic rings. The molecule has 3 aromatic heterocycles. The van der Waals surface area contributed by atoms with Gasteiger partial charge in [-0.15, -0.1) is 11.3 Å². The van der Waals surface area contributed by atoms with Gasteiger partial charge >= 0.3 is 0 Å². The first-order valence-electron chi connectivity index (χ1n) is 18.6. The van der Waals surface area contributed by atoms with Crippen LogP contribution in [0, 0.1) is 0 Å². The van der Waals surface area contributed by atoms with E-state index in [2.05, 4.69) is 180 Å². The van der Waals surface area contributed by atoms with Crippen molar-refractivity contribution in [1.29, 1.82) is 0 Å². The van der Waals surface area contributed by atoms with Crippen LogP contribution in [0.4, 0.5) is 0 Å². The predicted molar refractivity (Wildman–Crippen MR) is 233 cm³/mol. The molecule has 0 N–H and O–H groups in total. The first kappa shape index (κ1) is 30.5. The van der Waals surface area contributed by atoms with Crippen molar-refractivity contribution >= 4 is 86.8 Å². The Labute approximate surface area is 320 Å². The van der Waals surface area contributed by atoms with Crippen LogP contribution in [0.1, 0.15) is 0 Å². The summed E-state index contributed by atoms with van der Waals surface area (Å²) in [5, 5.41) is 10.7. The Morgan fingerprint density at radius 1 is 0.473 bits per heavy atom. The molecule has 55 heavy (non-hydrogen) atoms. The van der Waals surface area contributed by atoms with E-state index in [9.17, 15) is 0 Å². The van der Waals surface area contributed by atoms with Crippen LogP contribution >= 0.6 is 11.3 Å². The fraction of sp³-hybridized carbons (Fsp3) is 0. The summed E-state index contributed by atoms with van der Waals surface area (Å²) in [6.45, 7) is 0. The monoisotopic (exact) mass is 718 g/mol. The minimum Gasteiger partial charge on any atom is -0.455 e. The zero-order valence-electron chi connectivity index (χ0n) is 29.5. The van der Waals surface area contributed by atoms with E-state index in [1.807, 2.05) is 6.07 Å². The van der Waals surface area contributed by atoms with E-state index >= 15 is 0 Å². The molecule has 0 aliphatic carbocycles. The number of furan rings is 1. The summed E-state index contributed by atoms with van der Waals surface area (Å²) in [5.41, 5.74) is 12.0. The lowest BCUT2D eigenvalue weighted by atomic mass is 9.95. The molecule has 0 saturated heterocycles. The van der Waals surface area contributed by atoms with Crippen molar-refractivity contribution in [3.63, 3.8) is 0 Å². The first-order valence-corrected chi connectivity index (χ1v) is 19.4. The van der Waals surface area contributed by atoms with Crippen molar-refractivity contribution in [3.05, 3.63) is 182 Å². The SMILES string of the molecule is c1ccc2c(-c3ccc(-c4cc5nc(-c6ccc(-n7c8ccccc8c8ccc9ccccc9c87)cc6)sc5c5c4oc4ccccc45)cc3)cccc2c1. The molecule has 12 rings (SSSR count). The molecule has 9 aromatic carbocycles. The van der Waals surface area contributed by atoms with Gasteiger partial charge in [-0.3, -0.25) is 0 Å². The number of aromatic nitrogens is 2. The lowest BCUT2D eigenvalue weighted by Crippen LogP contribution is -1.94. The minimum atomic E-state index is 0.886. The Hall–Kier alpha value is -7.01. The van der Waals surface area contributed by atoms with Crippen LogP contribution < -0.4 is 0 Å². The quantitative estimate of drug-likeness (QED) is 0.181. The third kappa shape index (κ3) is 4.59. The van der Waals surface area contributed by atoms with Gasteiger partial charge in [-0.1, -0.05) is 140 Å². The van der Waals surface area contributed by atoms with Crippen LogP contribution in [0.15, 0.2) is 186 Å². The Morgan fingerprint density at radius 2 is 1.11 bits per heavy atom. The van der Waals surface area contributed by atoms with Gasteiger partial charge in [0, 0.05) is 43.7 Å². The summed E-state index contributed by atoms with van der Waals surface area (Å²) in [6.07, 6.45) is 0. The molecule has 0 radical (unpaired) electrons. The highest BCUT2D eigenvalue weighted by Crippen LogP contribution is 2.45. The third-order valence-corrected chi connectivity index (χ3v) is 12.4. The second-order valence-corrected chi connectivity index (χ2v) is 15.3. The topological polar surface area (TPSA) is 31.0 Å². The van der Waals surface area contributed by atoms with E-state index in [-0.39, 0.29) is 0 Å². The van der Waals surface area contributed by atoms with E-state index in [0.717, 1.165) is 59.5 Å². The molecule has 0 fully saturated rings. The second kappa shape index (κ2) is 11.7. The molecule has 0 saturated carbocycles. The van der Waals surface area contributed by atoms with Crippen molar-refractivity contribution < 1.29 is 4.42 Å².